The van der Waals surface area contributed by atoms with Gasteiger partial charge in [0.05, 0.1) is 6.54 Å². The van der Waals surface area contributed by atoms with Crippen LogP contribution in [0.4, 0.5) is 0 Å². The summed E-state index contributed by atoms with van der Waals surface area (Å²) in [5.74, 6) is 1.06. The van der Waals surface area contributed by atoms with Gasteiger partial charge in [0.1, 0.15) is 6.04 Å². The zero-order valence-electron chi connectivity index (χ0n) is 10.9. The largest absolute Gasteiger partial charge is 0.342 e. The van der Waals surface area contributed by atoms with Crippen molar-refractivity contribution in [2.75, 3.05) is 6.54 Å². The maximum Gasteiger partial charge on any atom is 0.246 e. The average Bonchev–Trinajstić information content (AvgIpc) is 3.03. The zero-order chi connectivity index (χ0) is 12.6. The third-order valence-corrected chi connectivity index (χ3v) is 3.62. The lowest BCUT2D eigenvalue weighted by molar-refractivity contribution is -0.147. The molecule has 0 aromatic heterocycles. The number of rotatable bonds is 4. The number of piperazine rings is 1. The molecule has 2 aliphatic rings. The fraction of sp³-hybridized carbons (Fsp3) is 0.846. The minimum absolute atomic E-state index is 0.00268. The molecular formula is C13H22N2O2. The minimum Gasteiger partial charge on any atom is -0.342 e. The van der Waals surface area contributed by atoms with Crippen molar-refractivity contribution in [2.45, 2.75) is 52.1 Å². The molecule has 0 bridgehead atoms. The lowest BCUT2D eigenvalue weighted by Gasteiger charge is -2.37. The Hall–Kier alpha value is -1.06. The van der Waals surface area contributed by atoms with Crippen molar-refractivity contribution in [3.05, 3.63) is 0 Å². The van der Waals surface area contributed by atoms with Crippen LogP contribution in [0.5, 0.6) is 0 Å². The quantitative estimate of drug-likeness (QED) is 0.799. The van der Waals surface area contributed by atoms with Gasteiger partial charge >= 0.3 is 0 Å². The SMILES string of the molecule is CC(C)CC(C)N1CC(=O)NC(C2CC2)C1=O. The summed E-state index contributed by atoms with van der Waals surface area (Å²) in [5.41, 5.74) is 0. The number of nitrogens with one attached hydrogen (secondary N) is 1. The molecule has 1 aliphatic carbocycles. The Morgan fingerprint density at radius 1 is 1.29 bits per heavy atom. The Balaban J connectivity index is 2.04. The van der Waals surface area contributed by atoms with Crippen molar-refractivity contribution < 1.29 is 9.59 Å². The van der Waals surface area contributed by atoms with Crippen molar-refractivity contribution >= 4 is 11.8 Å². The van der Waals surface area contributed by atoms with E-state index in [0.717, 1.165) is 19.3 Å². The number of nitrogens with zero attached hydrogens (tertiary/aromatic N) is 1. The van der Waals surface area contributed by atoms with Crippen molar-refractivity contribution in [2.24, 2.45) is 11.8 Å². The Morgan fingerprint density at radius 3 is 2.47 bits per heavy atom. The summed E-state index contributed by atoms with van der Waals surface area (Å²) in [7, 11) is 0. The normalized spacial score (nSPS) is 27.3. The van der Waals surface area contributed by atoms with Gasteiger partial charge in [-0.3, -0.25) is 9.59 Å². The van der Waals surface area contributed by atoms with E-state index >= 15 is 0 Å². The number of hydrogen-bond donors (Lipinski definition) is 1. The second kappa shape index (κ2) is 4.67. The van der Waals surface area contributed by atoms with Gasteiger partial charge in [-0.05, 0) is 38.0 Å². The lowest BCUT2D eigenvalue weighted by Crippen LogP contribution is -2.61. The van der Waals surface area contributed by atoms with Gasteiger partial charge in [-0.2, -0.15) is 0 Å². The van der Waals surface area contributed by atoms with Crippen molar-refractivity contribution in [1.82, 2.24) is 10.2 Å². The highest BCUT2D eigenvalue weighted by atomic mass is 16.2. The topological polar surface area (TPSA) is 49.4 Å². The van der Waals surface area contributed by atoms with Crippen LogP contribution < -0.4 is 5.32 Å². The summed E-state index contributed by atoms with van der Waals surface area (Å²) >= 11 is 0. The molecule has 2 amide bonds. The summed E-state index contributed by atoms with van der Waals surface area (Å²) in [6.07, 6.45) is 3.10. The Bertz CT molecular complexity index is 323. The minimum atomic E-state index is -0.245. The van der Waals surface area contributed by atoms with E-state index < -0.39 is 0 Å². The Morgan fingerprint density at radius 2 is 1.94 bits per heavy atom. The van der Waals surface area contributed by atoms with Crippen LogP contribution in [0.2, 0.25) is 0 Å². The standard InChI is InChI=1S/C13H22N2O2/c1-8(2)6-9(3)15-7-11(16)14-12(13(15)17)10-4-5-10/h8-10,12H,4-7H2,1-3H3,(H,14,16). The molecule has 2 unspecified atom stereocenters. The third kappa shape index (κ3) is 2.79. The van der Waals surface area contributed by atoms with Gasteiger partial charge in [-0.25, -0.2) is 0 Å². The van der Waals surface area contributed by atoms with Gasteiger partial charge < -0.3 is 10.2 Å². The third-order valence-electron chi connectivity index (χ3n) is 3.62. The van der Waals surface area contributed by atoms with Gasteiger partial charge in [0, 0.05) is 6.04 Å². The van der Waals surface area contributed by atoms with Crippen LogP contribution in [-0.2, 0) is 9.59 Å². The first kappa shape index (κ1) is 12.4. The van der Waals surface area contributed by atoms with Gasteiger partial charge in [0.2, 0.25) is 11.8 Å². The molecule has 17 heavy (non-hydrogen) atoms. The maximum atomic E-state index is 12.3. The molecule has 1 heterocycles. The van der Waals surface area contributed by atoms with Crippen LogP contribution in [0, 0.1) is 11.8 Å². The molecule has 1 saturated heterocycles. The number of carbonyl (C=O) groups excluding carboxylic acids is 2. The van der Waals surface area contributed by atoms with Gasteiger partial charge in [0.15, 0.2) is 0 Å². The summed E-state index contributed by atoms with van der Waals surface area (Å²) in [5, 5.41) is 2.84. The van der Waals surface area contributed by atoms with E-state index in [0.29, 0.717) is 11.8 Å². The molecule has 2 fully saturated rings. The Kier molecular flexibility index (Phi) is 3.40. The molecule has 4 nitrogen and oxygen atoms in total. The second-order valence-corrected chi connectivity index (χ2v) is 5.83. The van der Waals surface area contributed by atoms with E-state index in [-0.39, 0.29) is 30.4 Å². The number of hydrogen-bond acceptors (Lipinski definition) is 2. The predicted molar refractivity (Wildman–Crippen MR) is 65.3 cm³/mol. The molecule has 2 atom stereocenters. The van der Waals surface area contributed by atoms with Gasteiger partial charge in [0.25, 0.3) is 0 Å². The van der Waals surface area contributed by atoms with Crippen LogP contribution in [0.1, 0.15) is 40.0 Å². The predicted octanol–water partition coefficient (Wildman–Crippen LogP) is 1.16. The summed E-state index contributed by atoms with van der Waals surface area (Å²) in [4.78, 5) is 25.7. The zero-order valence-corrected chi connectivity index (χ0v) is 10.9. The highest BCUT2D eigenvalue weighted by Gasteiger charge is 2.43. The first-order valence-electron chi connectivity index (χ1n) is 6.59. The number of carbonyl (C=O) groups is 2. The first-order chi connectivity index (χ1) is 7.99. The van der Waals surface area contributed by atoms with Crippen LogP contribution >= 0.6 is 0 Å². The summed E-state index contributed by atoms with van der Waals surface area (Å²) in [6.45, 7) is 6.56. The molecule has 0 spiro atoms. The van der Waals surface area contributed by atoms with E-state index in [4.69, 9.17) is 0 Å². The second-order valence-electron chi connectivity index (χ2n) is 5.83. The maximum absolute atomic E-state index is 12.3. The van der Waals surface area contributed by atoms with Gasteiger partial charge in [-0.1, -0.05) is 13.8 Å². The molecule has 1 saturated carbocycles. The van der Waals surface area contributed by atoms with Crippen LogP contribution in [0.3, 0.4) is 0 Å². The fourth-order valence-corrected chi connectivity index (χ4v) is 2.62. The van der Waals surface area contributed by atoms with E-state index in [1.54, 1.807) is 4.90 Å². The fourth-order valence-electron chi connectivity index (χ4n) is 2.62. The highest BCUT2D eigenvalue weighted by Crippen LogP contribution is 2.34. The number of amides is 2. The summed E-state index contributed by atoms with van der Waals surface area (Å²) in [6, 6.07) is -0.0827. The molecule has 0 aromatic carbocycles. The Labute approximate surface area is 103 Å². The van der Waals surface area contributed by atoms with E-state index in [1.165, 1.54) is 0 Å². The van der Waals surface area contributed by atoms with Crippen LogP contribution in [0.25, 0.3) is 0 Å². The van der Waals surface area contributed by atoms with Crippen molar-refractivity contribution in [3.8, 4) is 0 Å². The molecule has 4 heteroatoms. The molecule has 96 valence electrons. The molecule has 2 rings (SSSR count). The molecular weight excluding hydrogens is 216 g/mol. The van der Waals surface area contributed by atoms with Crippen LogP contribution in [0.15, 0.2) is 0 Å². The van der Waals surface area contributed by atoms with Crippen LogP contribution in [-0.4, -0.2) is 35.3 Å². The monoisotopic (exact) mass is 238 g/mol. The smallest absolute Gasteiger partial charge is 0.246 e. The highest BCUT2D eigenvalue weighted by molar-refractivity contribution is 5.95. The molecule has 0 aromatic rings. The molecule has 0 radical (unpaired) electrons. The van der Waals surface area contributed by atoms with E-state index in [1.807, 2.05) is 6.92 Å². The summed E-state index contributed by atoms with van der Waals surface area (Å²) < 4.78 is 0. The van der Waals surface area contributed by atoms with Crippen molar-refractivity contribution in [3.63, 3.8) is 0 Å². The average molecular weight is 238 g/mol. The van der Waals surface area contributed by atoms with E-state index in [2.05, 4.69) is 19.2 Å². The van der Waals surface area contributed by atoms with Crippen molar-refractivity contribution in [1.29, 1.82) is 0 Å². The van der Waals surface area contributed by atoms with Gasteiger partial charge in [-0.15, -0.1) is 0 Å². The molecule has 1 N–H and O–H groups in total. The first-order valence-corrected chi connectivity index (χ1v) is 6.59. The van der Waals surface area contributed by atoms with E-state index in [9.17, 15) is 9.59 Å². The molecule has 1 aliphatic heterocycles. The lowest BCUT2D eigenvalue weighted by atomic mass is 10.0.